The van der Waals surface area contributed by atoms with E-state index < -0.39 is 0 Å². The molecule has 0 saturated heterocycles. The van der Waals surface area contributed by atoms with Crippen LogP contribution < -0.4 is 5.32 Å². The van der Waals surface area contributed by atoms with E-state index in [9.17, 15) is 4.79 Å². The predicted octanol–water partition coefficient (Wildman–Crippen LogP) is 3.20. The first-order chi connectivity index (χ1) is 12.9. The molecule has 1 aliphatic heterocycles. The van der Waals surface area contributed by atoms with Crippen LogP contribution in [0.25, 0.3) is 0 Å². The van der Waals surface area contributed by atoms with Gasteiger partial charge in [-0.25, -0.2) is 4.98 Å². The Morgan fingerprint density at radius 1 is 1.19 bits per heavy atom. The van der Waals surface area contributed by atoms with Gasteiger partial charge in [0.25, 0.3) is 5.91 Å². The van der Waals surface area contributed by atoms with E-state index in [1.54, 1.807) is 19.0 Å². The van der Waals surface area contributed by atoms with Gasteiger partial charge in [-0.05, 0) is 37.5 Å². The lowest BCUT2D eigenvalue weighted by Crippen LogP contribution is -2.25. The second kappa shape index (κ2) is 8.53. The zero-order chi connectivity index (χ0) is 19.4. The van der Waals surface area contributed by atoms with Gasteiger partial charge in [-0.3, -0.25) is 9.69 Å². The summed E-state index contributed by atoms with van der Waals surface area (Å²) in [6.07, 6.45) is 1.83. The first kappa shape index (κ1) is 19.4. The molecule has 1 N–H and O–H groups in total. The Hall–Kier alpha value is -2.40. The molecule has 2 heterocycles. The quantitative estimate of drug-likeness (QED) is 0.883. The Balaban J connectivity index is 1.83. The van der Waals surface area contributed by atoms with Gasteiger partial charge in [-0.15, -0.1) is 0 Å². The first-order valence-electron chi connectivity index (χ1n) is 9.71. The third kappa shape index (κ3) is 4.86. The predicted molar refractivity (Wildman–Crippen MR) is 110 cm³/mol. The van der Waals surface area contributed by atoms with Crippen molar-refractivity contribution in [3.8, 4) is 0 Å². The summed E-state index contributed by atoms with van der Waals surface area (Å²) < 4.78 is 0. The highest BCUT2D eigenvalue weighted by atomic mass is 16.2. The molecule has 0 unspecified atom stereocenters. The third-order valence-electron chi connectivity index (χ3n) is 4.86. The minimum atomic E-state index is -0.00108. The third-order valence-corrected chi connectivity index (χ3v) is 4.86. The van der Waals surface area contributed by atoms with Crippen molar-refractivity contribution in [3.63, 3.8) is 0 Å². The molecular weight excluding hydrogens is 336 g/mol. The van der Waals surface area contributed by atoms with Gasteiger partial charge in [0.05, 0.1) is 5.56 Å². The number of anilines is 1. The smallest absolute Gasteiger partial charge is 0.257 e. The zero-order valence-electron chi connectivity index (χ0n) is 16.8. The van der Waals surface area contributed by atoms with E-state index in [2.05, 4.69) is 60.5 Å². The van der Waals surface area contributed by atoms with Crippen LogP contribution in [0.3, 0.4) is 0 Å². The zero-order valence-corrected chi connectivity index (χ0v) is 16.8. The molecular formula is C22H30N4O. The summed E-state index contributed by atoms with van der Waals surface area (Å²) in [6.45, 7) is 7.06. The van der Waals surface area contributed by atoms with Gasteiger partial charge in [0, 0.05) is 51.9 Å². The summed E-state index contributed by atoms with van der Waals surface area (Å²) in [5.41, 5.74) is 4.32. The molecule has 1 amide bonds. The van der Waals surface area contributed by atoms with E-state index in [4.69, 9.17) is 4.98 Å². The van der Waals surface area contributed by atoms with Crippen molar-refractivity contribution in [2.75, 3.05) is 32.5 Å². The van der Waals surface area contributed by atoms with Crippen LogP contribution >= 0.6 is 0 Å². The number of hydrogen-bond donors (Lipinski definition) is 1. The second-order valence-electron chi connectivity index (χ2n) is 7.75. The van der Waals surface area contributed by atoms with Gasteiger partial charge < -0.3 is 10.2 Å². The number of nitrogens with zero attached hydrogens (tertiary/aromatic N) is 3. The van der Waals surface area contributed by atoms with Crippen molar-refractivity contribution in [2.24, 2.45) is 0 Å². The van der Waals surface area contributed by atoms with Crippen LogP contribution in [0, 0.1) is 0 Å². The number of amides is 1. The fraction of sp³-hybridized carbons (Fsp3) is 0.455. The van der Waals surface area contributed by atoms with Crippen LogP contribution in [-0.2, 0) is 19.4 Å². The topological polar surface area (TPSA) is 48.5 Å². The van der Waals surface area contributed by atoms with Gasteiger partial charge in [0.15, 0.2) is 0 Å². The largest absolute Gasteiger partial charge is 0.367 e. The maximum Gasteiger partial charge on any atom is 0.257 e. The van der Waals surface area contributed by atoms with Crippen LogP contribution in [0.2, 0.25) is 0 Å². The number of aromatic nitrogens is 1. The van der Waals surface area contributed by atoms with E-state index in [1.165, 1.54) is 11.1 Å². The lowest BCUT2D eigenvalue weighted by molar-refractivity contribution is 0.0828. The lowest BCUT2D eigenvalue weighted by atomic mass is 10.0. The number of rotatable bonds is 5. The van der Waals surface area contributed by atoms with Gasteiger partial charge in [-0.1, -0.05) is 30.3 Å². The van der Waals surface area contributed by atoms with Gasteiger partial charge in [-0.2, -0.15) is 0 Å². The fourth-order valence-corrected chi connectivity index (χ4v) is 3.47. The van der Waals surface area contributed by atoms with Crippen molar-refractivity contribution in [3.05, 3.63) is 58.8 Å². The SMILES string of the molecule is CC(C)Nc1nc2c(cc1C(=O)N(C)C)CCN(Cc1ccccc1)CC2. The molecule has 0 aliphatic carbocycles. The van der Waals surface area contributed by atoms with Crippen LogP contribution in [0.4, 0.5) is 5.82 Å². The highest BCUT2D eigenvalue weighted by molar-refractivity contribution is 5.98. The van der Waals surface area contributed by atoms with Crippen LogP contribution in [0.1, 0.15) is 41.0 Å². The molecule has 1 aromatic carbocycles. The molecule has 1 aromatic heterocycles. The van der Waals surface area contributed by atoms with Crippen LogP contribution in [-0.4, -0.2) is 53.9 Å². The number of carbonyl (C=O) groups excluding carboxylic acids is 1. The fourth-order valence-electron chi connectivity index (χ4n) is 3.47. The summed E-state index contributed by atoms with van der Waals surface area (Å²) in [5.74, 6) is 0.706. The molecule has 0 radical (unpaired) electrons. The van der Waals surface area contributed by atoms with Crippen molar-refractivity contribution in [1.82, 2.24) is 14.8 Å². The Kier molecular flexibility index (Phi) is 6.11. The number of benzene rings is 1. The number of hydrogen-bond acceptors (Lipinski definition) is 4. The van der Waals surface area contributed by atoms with Crippen LogP contribution in [0.5, 0.6) is 0 Å². The van der Waals surface area contributed by atoms with E-state index in [-0.39, 0.29) is 11.9 Å². The maximum atomic E-state index is 12.7. The summed E-state index contributed by atoms with van der Waals surface area (Å²) >= 11 is 0. The lowest BCUT2D eigenvalue weighted by Gasteiger charge is -2.19. The van der Waals surface area contributed by atoms with Crippen molar-refractivity contribution < 1.29 is 4.79 Å². The second-order valence-corrected chi connectivity index (χ2v) is 7.75. The summed E-state index contributed by atoms with van der Waals surface area (Å²) in [6, 6.07) is 12.9. The molecule has 0 bridgehead atoms. The number of nitrogens with one attached hydrogen (secondary N) is 1. The number of carbonyl (C=O) groups is 1. The van der Waals surface area contributed by atoms with E-state index >= 15 is 0 Å². The monoisotopic (exact) mass is 366 g/mol. The van der Waals surface area contributed by atoms with Crippen molar-refractivity contribution in [1.29, 1.82) is 0 Å². The molecule has 2 aromatic rings. The molecule has 144 valence electrons. The number of fused-ring (bicyclic) bond motifs is 1. The Morgan fingerprint density at radius 3 is 2.56 bits per heavy atom. The molecule has 0 spiro atoms. The van der Waals surface area contributed by atoms with Crippen molar-refractivity contribution in [2.45, 2.75) is 39.3 Å². The highest BCUT2D eigenvalue weighted by Crippen LogP contribution is 2.23. The standard InChI is InChI=1S/C22H30N4O/c1-16(2)23-21-19(22(27)25(3)4)14-18-10-12-26(13-11-20(18)24-21)15-17-8-6-5-7-9-17/h5-9,14,16H,10-13,15H2,1-4H3,(H,23,24). The Morgan fingerprint density at radius 2 is 1.89 bits per heavy atom. The minimum Gasteiger partial charge on any atom is -0.367 e. The molecule has 3 rings (SSSR count). The molecule has 0 fully saturated rings. The molecule has 5 nitrogen and oxygen atoms in total. The first-order valence-corrected chi connectivity index (χ1v) is 9.71. The molecule has 0 atom stereocenters. The highest BCUT2D eigenvalue weighted by Gasteiger charge is 2.22. The van der Waals surface area contributed by atoms with E-state index in [0.29, 0.717) is 11.4 Å². The van der Waals surface area contributed by atoms with E-state index in [1.807, 2.05) is 0 Å². The molecule has 0 saturated carbocycles. The minimum absolute atomic E-state index is 0.00108. The molecule has 1 aliphatic rings. The summed E-state index contributed by atoms with van der Waals surface area (Å²) in [4.78, 5) is 21.6. The summed E-state index contributed by atoms with van der Waals surface area (Å²) in [5, 5.41) is 3.36. The maximum absolute atomic E-state index is 12.7. The molecule has 27 heavy (non-hydrogen) atoms. The Bertz CT molecular complexity index is 786. The Labute approximate surface area is 162 Å². The van der Waals surface area contributed by atoms with Gasteiger partial charge in [0.2, 0.25) is 0 Å². The summed E-state index contributed by atoms with van der Waals surface area (Å²) in [7, 11) is 3.57. The average Bonchev–Trinajstić information content (AvgIpc) is 2.83. The number of pyridine rings is 1. The van der Waals surface area contributed by atoms with Crippen LogP contribution in [0.15, 0.2) is 36.4 Å². The molecule has 5 heteroatoms. The van der Waals surface area contributed by atoms with E-state index in [0.717, 1.165) is 38.2 Å². The normalized spacial score (nSPS) is 14.6. The van der Waals surface area contributed by atoms with Gasteiger partial charge in [0.1, 0.15) is 5.82 Å². The van der Waals surface area contributed by atoms with Gasteiger partial charge >= 0.3 is 0 Å². The average molecular weight is 367 g/mol. The van der Waals surface area contributed by atoms with Crippen molar-refractivity contribution >= 4 is 11.7 Å².